The van der Waals surface area contributed by atoms with E-state index in [0.717, 1.165) is 43.6 Å². The van der Waals surface area contributed by atoms with Crippen LogP contribution in [0.3, 0.4) is 0 Å². The minimum absolute atomic E-state index is 0. The first kappa shape index (κ1) is 31.0. The van der Waals surface area contributed by atoms with Crippen LogP contribution in [-0.2, 0) is 22.5 Å². The van der Waals surface area contributed by atoms with Crippen molar-refractivity contribution in [3.63, 3.8) is 0 Å². The first-order valence-electron chi connectivity index (χ1n) is 10.2. The average molecular weight is 567 g/mol. The van der Waals surface area contributed by atoms with Gasteiger partial charge in [-0.1, -0.05) is 48.5 Å². The number of rotatable bonds is 0. The van der Waals surface area contributed by atoms with Gasteiger partial charge in [-0.05, 0) is 24.3 Å². The smallest absolute Gasteiger partial charge is 0.457 e. The Kier molecular flexibility index (Phi) is 12.4. The third-order valence-corrected chi connectivity index (χ3v) is 4.69. The summed E-state index contributed by atoms with van der Waals surface area (Å²) in [5.74, 6) is 0. The van der Waals surface area contributed by atoms with E-state index in [2.05, 4.69) is 68.5 Å². The summed E-state index contributed by atoms with van der Waals surface area (Å²) in [7, 11) is 0. The van der Waals surface area contributed by atoms with E-state index in [4.69, 9.17) is 30.6 Å². The molecule has 6 rings (SSSR count). The third kappa shape index (κ3) is 8.57. The van der Waals surface area contributed by atoms with Crippen molar-refractivity contribution >= 4 is 43.6 Å². The van der Waals surface area contributed by atoms with E-state index in [1.807, 2.05) is 24.3 Å². The molecule has 0 bridgehead atoms. The van der Waals surface area contributed by atoms with Crippen LogP contribution in [0, 0.1) is 30.6 Å². The summed E-state index contributed by atoms with van der Waals surface area (Å²) in [6, 6.07) is 24.3. The predicted molar refractivity (Wildman–Crippen MR) is 140 cm³/mol. The van der Waals surface area contributed by atoms with Gasteiger partial charge in [0.25, 0.3) is 0 Å². The molecule has 0 spiro atoms. The Morgan fingerprint density at radius 1 is 0.447 bits per heavy atom. The van der Waals surface area contributed by atoms with Gasteiger partial charge in [-0.15, -0.1) is 0 Å². The van der Waals surface area contributed by atoms with Crippen LogP contribution < -0.4 is 0 Å². The molecular weight excluding hydrogens is 548 g/mol. The van der Waals surface area contributed by atoms with Crippen molar-refractivity contribution in [1.29, 1.82) is 0 Å². The zero-order valence-electron chi connectivity index (χ0n) is 19.2. The van der Waals surface area contributed by atoms with Gasteiger partial charge in [0, 0.05) is 46.3 Å². The monoisotopic (exact) mass is 566 g/mol. The number of benzene rings is 2. The molecule has 197 valence electrons. The molecule has 0 aliphatic carbocycles. The topological polar surface area (TPSA) is 217 Å². The molecule has 2 aromatic carbocycles. The number of fused-ring (bicyclic) bond motifs is 6. The molecular formula is C24H19CuN6O7+. The quantitative estimate of drug-likeness (QED) is 0.0839. The van der Waals surface area contributed by atoms with Crippen molar-refractivity contribution in [1.82, 2.24) is 19.9 Å². The number of aromatic nitrogens is 4. The first-order chi connectivity index (χ1) is 17.4. The minimum Gasteiger partial charge on any atom is -0.457 e. The van der Waals surface area contributed by atoms with Gasteiger partial charge in [0.15, 0.2) is 0 Å². The molecule has 14 heteroatoms. The molecule has 0 atom stereocenters. The third-order valence-electron chi connectivity index (χ3n) is 4.69. The second kappa shape index (κ2) is 15.2. The molecule has 0 aliphatic heterocycles. The second-order valence-electron chi connectivity index (χ2n) is 6.88. The van der Waals surface area contributed by atoms with Gasteiger partial charge in [-0.2, -0.15) is 0 Å². The average Bonchev–Trinajstić information content (AvgIpc) is 2.88. The second-order valence-corrected chi connectivity index (χ2v) is 6.88. The van der Waals surface area contributed by atoms with Crippen LogP contribution >= 0.6 is 0 Å². The Morgan fingerprint density at radius 3 is 0.816 bits per heavy atom. The maximum absolute atomic E-state index is 8.25. The number of pyridine rings is 4. The molecule has 0 unspecified atom stereocenters. The van der Waals surface area contributed by atoms with Crippen molar-refractivity contribution in [3.8, 4) is 0 Å². The van der Waals surface area contributed by atoms with Crippen LogP contribution in [0.2, 0.25) is 0 Å². The van der Waals surface area contributed by atoms with Crippen LogP contribution in [0.1, 0.15) is 0 Å². The van der Waals surface area contributed by atoms with Gasteiger partial charge in [-0.25, -0.2) is 0 Å². The van der Waals surface area contributed by atoms with Crippen molar-refractivity contribution in [2.24, 2.45) is 0 Å². The van der Waals surface area contributed by atoms with Crippen LogP contribution in [0.4, 0.5) is 0 Å². The Bertz CT molecular complexity index is 1410. The molecule has 1 radical (unpaired) electrons. The zero-order chi connectivity index (χ0) is 25.9. The van der Waals surface area contributed by atoms with Gasteiger partial charge >= 0.3 is 17.1 Å². The number of nitrogens with zero attached hydrogens (tertiary/aromatic N) is 6. The van der Waals surface area contributed by atoms with E-state index in [1.54, 1.807) is 24.8 Å². The van der Waals surface area contributed by atoms with E-state index < -0.39 is 10.2 Å². The Morgan fingerprint density at radius 2 is 0.632 bits per heavy atom. The molecule has 4 heterocycles. The summed E-state index contributed by atoms with van der Waals surface area (Å²) >= 11 is 0. The van der Waals surface area contributed by atoms with E-state index in [0.29, 0.717) is 0 Å². The summed E-state index contributed by atoms with van der Waals surface area (Å²) in [6.45, 7) is 0. The van der Waals surface area contributed by atoms with Crippen LogP contribution in [0.5, 0.6) is 0 Å². The van der Waals surface area contributed by atoms with Crippen LogP contribution in [0.25, 0.3) is 43.6 Å². The van der Waals surface area contributed by atoms with Gasteiger partial charge in [0.2, 0.25) is 0 Å². The van der Waals surface area contributed by atoms with Gasteiger partial charge in [0.05, 0.1) is 32.2 Å². The molecule has 4 aromatic heterocycles. The summed E-state index contributed by atoms with van der Waals surface area (Å²) in [6.07, 6.45) is 7.21. The molecule has 0 aliphatic rings. The molecule has 0 saturated heterocycles. The zero-order valence-corrected chi connectivity index (χ0v) is 20.2. The van der Waals surface area contributed by atoms with Gasteiger partial charge in [-0.3, -0.25) is 19.9 Å². The Balaban J connectivity index is 0.000000287. The van der Waals surface area contributed by atoms with E-state index >= 15 is 0 Å². The largest absolute Gasteiger partial charge is 2.00 e. The fraction of sp³-hybridized carbons (Fsp3) is 0. The molecule has 0 saturated carbocycles. The van der Waals surface area contributed by atoms with Crippen molar-refractivity contribution in [2.75, 3.05) is 0 Å². The molecule has 0 amide bonds. The summed E-state index contributed by atoms with van der Waals surface area (Å²) < 4.78 is 0. The number of hydrogen-bond acceptors (Lipinski definition) is 10. The van der Waals surface area contributed by atoms with Crippen molar-refractivity contribution < 1.29 is 32.7 Å². The van der Waals surface area contributed by atoms with E-state index in [9.17, 15) is 0 Å². The summed E-state index contributed by atoms with van der Waals surface area (Å²) in [4.78, 5) is 33.9. The maximum Gasteiger partial charge on any atom is 2.00 e. The van der Waals surface area contributed by atoms with Gasteiger partial charge in [0.1, 0.15) is 0 Å². The van der Waals surface area contributed by atoms with E-state index in [1.165, 1.54) is 0 Å². The molecule has 6 aromatic rings. The van der Waals surface area contributed by atoms with E-state index in [-0.39, 0.29) is 22.5 Å². The standard InChI is InChI=1S/2C12H8N2.Cu.2NO3.H2O/c2*1-3-9-5-6-10-4-2-8-14-12(10)11(9)13-7-1;;2*2-1(3)4;/h2*1-8H;;;;1H2/q;;+2;2*-1;/p+1. The summed E-state index contributed by atoms with van der Waals surface area (Å²) in [5.41, 5.74) is 3.91. The fourth-order valence-corrected chi connectivity index (χ4v) is 3.36. The Hall–Kier alpha value is -5.04. The van der Waals surface area contributed by atoms with Gasteiger partial charge < -0.3 is 36.1 Å². The fourth-order valence-electron chi connectivity index (χ4n) is 3.36. The van der Waals surface area contributed by atoms with Crippen LogP contribution in [0.15, 0.2) is 97.6 Å². The maximum atomic E-state index is 8.25. The van der Waals surface area contributed by atoms with Crippen LogP contribution in [-0.4, -0.2) is 30.1 Å². The Labute approximate surface area is 224 Å². The molecule has 0 fully saturated rings. The number of hydrogen-bond donors (Lipinski definition) is 0. The molecule has 3 N–H and O–H groups in total. The van der Waals surface area contributed by atoms with Crippen molar-refractivity contribution in [3.05, 3.63) is 128 Å². The SMILES string of the molecule is O=[N+]([O-])[O-].O=[N+]([O-])[O-].[Cu+2].[OH3+].c1cnc2c(c1)ccc1cccnc12.c1cnc2c(c1)ccc1cccnc12. The minimum atomic E-state index is -1.75. The predicted octanol–water partition coefficient (Wildman–Crippen LogP) is 4.16. The summed E-state index contributed by atoms with van der Waals surface area (Å²) in [5, 5.41) is 34.1. The normalized spacial score (nSPS) is 9.26. The first-order valence-corrected chi connectivity index (χ1v) is 10.2. The van der Waals surface area contributed by atoms with Crippen molar-refractivity contribution in [2.45, 2.75) is 0 Å². The molecule has 13 nitrogen and oxygen atoms in total. The molecule has 38 heavy (non-hydrogen) atoms.